The summed E-state index contributed by atoms with van der Waals surface area (Å²) in [4.78, 5) is 39.7. The molecule has 2 bridgehead atoms. The Morgan fingerprint density at radius 3 is 2.34 bits per heavy atom. The van der Waals surface area contributed by atoms with E-state index in [-0.39, 0.29) is 46.7 Å². The summed E-state index contributed by atoms with van der Waals surface area (Å²) in [6, 6.07) is 10.5. The largest absolute Gasteiger partial charge is 0.418 e. The zero-order chi connectivity index (χ0) is 22.8. The first-order valence-electron chi connectivity index (χ1n) is 10.3. The smallest absolute Gasteiger partial charge is 0.321 e. The van der Waals surface area contributed by atoms with Crippen molar-refractivity contribution in [2.45, 2.75) is 19.5 Å². The van der Waals surface area contributed by atoms with Gasteiger partial charge in [0.25, 0.3) is 5.91 Å². The number of rotatable bonds is 3. The second-order valence-electron chi connectivity index (χ2n) is 8.52. The van der Waals surface area contributed by atoms with Crippen LogP contribution in [0.3, 0.4) is 0 Å². The molecule has 3 aliphatic rings. The minimum atomic E-state index is -4.60. The number of allylic oxidation sites excluding steroid dienone is 2. The molecule has 0 spiro atoms. The molecule has 1 aliphatic heterocycles. The predicted octanol–water partition coefficient (Wildman–Crippen LogP) is 4.66. The molecular weight excluding hydrogens is 421 g/mol. The first-order chi connectivity index (χ1) is 15.2. The maximum absolute atomic E-state index is 13.2. The number of alkyl halides is 3. The Morgan fingerprint density at radius 1 is 1.00 bits per heavy atom. The normalized spacial score (nSPS) is 26.4. The minimum absolute atomic E-state index is 0.0881. The summed E-state index contributed by atoms with van der Waals surface area (Å²) in [5.74, 6) is -1.65. The second-order valence-corrected chi connectivity index (χ2v) is 8.52. The number of amides is 3. The molecule has 0 unspecified atom stereocenters. The Bertz CT molecular complexity index is 1170. The summed E-state index contributed by atoms with van der Waals surface area (Å²) >= 11 is 0. The van der Waals surface area contributed by atoms with Crippen molar-refractivity contribution >= 4 is 29.1 Å². The first-order valence-corrected chi connectivity index (χ1v) is 10.3. The number of carbonyl (C=O) groups is 3. The molecule has 2 aromatic carbocycles. The zero-order valence-electron chi connectivity index (χ0n) is 17.0. The molecule has 8 heteroatoms. The molecule has 1 N–H and O–H groups in total. The van der Waals surface area contributed by atoms with Gasteiger partial charge in [0.2, 0.25) is 11.8 Å². The molecule has 32 heavy (non-hydrogen) atoms. The van der Waals surface area contributed by atoms with Gasteiger partial charge in [-0.05, 0) is 61.6 Å². The number of nitrogens with zero attached hydrogens (tertiary/aromatic N) is 1. The second kappa shape index (κ2) is 7.05. The molecule has 1 saturated heterocycles. The minimum Gasteiger partial charge on any atom is -0.321 e. The van der Waals surface area contributed by atoms with Gasteiger partial charge in [-0.2, -0.15) is 13.2 Å². The number of carbonyl (C=O) groups excluding carboxylic acids is 3. The summed E-state index contributed by atoms with van der Waals surface area (Å²) < 4.78 is 39.5. The van der Waals surface area contributed by atoms with Gasteiger partial charge in [-0.1, -0.05) is 23.8 Å². The van der Waals surface area contributed by atoms with Gasteiger partial charge in [0.15, 0.2) is 0 Å². The van der Waals surface area contributed by atoms with Gasteiger partial charge >= 0.3 is 6.18 Å². The fraction of sp³-hybridized carbons (Fsp3) is 0.292. The number of nitrogens with one attached hydrogen (secondary N) is 1. The molecule has 5 nitrogen and oxygen atoms in total. The maximum atomic E-state index is 13.2. The molecule has 1 heterocycles. The highest BCUT2D eigenvalue weighted by Crippen LogP contribution is 2.55. The quantitative estimate of drug-likeness (QED) is 0.558. The molecule has 1 saturated carbocycles. The van der Waals surface area contributed by atoms with Crippen LogP contribution in [0.2, 0.25) is 0 Å². The molecule has 5 rings (SSSR count). The van der Waals surface area contributed by atoms with Gasteiger partial charge in [-0.25, -0.2) is 0 Å². The Morgan fingerprint density at radius 2 is 1.66 bits per heavy atom. The van der Waals surface area contributed by atoms with Crippen LogP contribution < -0.4 is 10.2 Å². The van der Waals surface area contributed by atoms with Gasteiger partial charge in [-0.15, -0.1) is 0 Å². The third-order valence-electron chi connectivity index (χ3n) is 6.75. The molecular formula is C24H19F3N2O3. The van der Waals surface area contributed by atoms with E-state index in [0.29, 0.717) is 5.69 Å². The molecule has 2 aromatic rings. The lowest BCUT2D eigenvalue weighted by Gasteiger charge is -2.19. The van der Waals surface area contributed by atoms with E-state index in [1.807, 2.05) is 6.92 Å². The number of fused-ring (bicyclic) bond motifs is 5. The van der Waals surface area contributed by atoms with Crippen molar-refractivity contribution < 1.29 is 27.6 Å². The van der Waals surface area contributed by atoms with Gasteiger partial charge in [0.05, 0.1) is 28.8 Å². The SMILES string of the molecule is CC1=C[C@H]2C[C@H]1[C@H]1C(=O)N(c3ccc(C(=O)Nc4ccccc4C(F)(F)F)cc3)C(=O)[C@@H]12. The van der Waals surface area contributed by atoms with Crippen LogP contribution in [-0.4, -0.2) is 17.7 Å². The van der Waals surface area contributed by atoms with Crippen LogP contribution in [0, 0.1) is 23.7 Å². The average molecular weight is 440 g/mol. The van der Waals surface area contributed by atoms with Crippen LogP contribution in [0.4, 0.5) is 24.5 Å². The van der Waals surface area contributed by atoms with E-state index >= 15 is 0 Å². The van der Waals surface area contributed by atoms with Crippen LogP contribution >= 0.6 is 0 Å². The van der Waals surface area contributed by atoms with E-state index in [1.165, 1.54) is 47.4 Å². The number of hydrogen-bond donors (Lipinski definition) is 1. The Balaban J connectivity index is 1.35. The number of benzene rings is 2. The van der Waals surface area contributed by atoms with Gasteiger partial charge in [0.1, 0.15) is 0 Å². The third-order valence-corrected chi connectivity index (χ3v) is 6.75. The Labute approximate surface area is 181 Å². The number of para-hydroxylation sites is 1. The molecule has 164 valence electrons. The lowest BCUT2D eigenvalue weighted by molar-refractivity contribution is -0.137. The van der Waals surface area contributed by atoms with Crippen molar-refractivity contribution in [3.63, 3.8) is 0 Å². The van der Waals surface area contributed by atoms with E-state index < -0.39 is 17.6 Å². The van der Waals surface area contributed by atoms with E-state index in [4.69, 9.17) is 0 Å². The molecule has 2 aliphatic carbocycles. The van der Waals surface area contributed by atoms with Crippen molar-refractivity contribution in [2.75, 3.05) is 10.2 Å². The van der Waals surface area contributed by atoms with E-state index in [2.05, 4.69) is 11.4 Å². The summed E-state index contributed by atoms with van der Waals surface area (Å²) in [7, 11) is 0. The molecule has 0 radical (unpaired) electrons. The summed E-state index contributed by atoms with van der Waals surface area (Å²) in [6.45, 7) is 1.99. The summed E-state index contributed by atoms with van der Waals surface area (Å²) in [5.41, 5.74) is 0.347. The summed E-state index contributed by atoms with van der Waals surface area (Å²) in [6.07, 6.45) is -1.67. The predicted molar refractivity (Wildman–Crippen MR) is 111 cm³/mol. The van der Waals surface area contributed by atoms with Crippen molar-refractivity contribution in [1.29, 1.82) is 0 Å². The Kier molecular flexibility index (Phi) is 4.51. The van der Waals surface area contributed by atoms with Crippen molar-refractivity contribution in [1.82, 2.24) is 0 Å². The van der Waals surface area contributed by atoms with Gasteiger partial charge in [0, 0.05) is 5.56 Å². The maximum Gasteiger partial charge on any atom is 0.418 e. The van der Waals surface area contributed by atoms with E-state index in [0.717, 1.165) is 18.1 Å². The topological polar surface area (TPSA) is 66.5 Å². The van der Waals surface area contributed by atoms with Crippen LogP contribution in [0.25, 0.3) is 0 Å². The monoisotopic (exact) mass is 440 g/mol. The highest BCUT2D eigenvalue weighted by atomic mass is 19.4. The average Bonchev–Trinajstić information content (AvgIpc) is 3.38. The number of hydrogen-bond acceptors (Lipinski definition) is 3. The number of anilines is 2. The Hall–Kier alpha value is -3.42. The third kappa shape index (κ3) is 3.04. The molecule has 4 atom stereocenters. The molecule has 3 amide bonds. The van der Waals surface area contributed by atoms with Gasteiger partial charge < -0.3 is 5.32 Å². The first kappa shape index (κ1) is 20.5. The molecule has 0 aromatic heterocycles. The van der Waals surface area contributed by atoms with Crippen LogP contribution in [0.15, 0.2) is 60.2 Å². The lowest BCUT2D eigenvalue weighted by atomic mass is 9.82. The molecule has 2 fully saturated rings. The van der Waals surface area contributed by atoms with Gasteiger partial charge in [-0.3, -0.25) is 19.3 Å². The number of halogens is 3. The highest BCUT2D eigenvalue weighted by Gasteiger charge is 2.60. The zero-order valence-corrected chi connectivity index (χ0v) is 17.0. The summed E-state index contributed by atoms with van der Waals surface area (Å²) in [5, 5.41) is 2.28. The standard InChI is InChI=1S/C24H19F3N2O3/c1-12-10-14-11-16(12)20-19(14)22(31)29(23(20)32)15-8-6-13(7-9-15)21(30)28-18-5-3-2-4-17(18)24(25,26)27/h2-10,14,16,19-20H,11H2,1H3,(H,28,30)/t14-,16+,19+,20+/m0/s1. The van der Waals surface area contributed by atoms with Crippen molar-refractivity contribution in [2.24, 2.45) is 23.7 Å². The number of imide groups is 1. The van der Waals surface area contributed by atoms with E-state index in [1.54, 1.807) is 0 Å². The fourth-order valence-corrected chi connectivity index (χ4v) is 5.32. The van der Waals surface area contributed by atoms with Crippen molar-refractivity contribution in [3.05, 3.63) is 71.3 Å². The van der Waals surface area contributed by atoms with Crippen LogP contribution in [0.1, 0.15) is 29.3 Å². The van der Waals surface area contributed by atoms with Crippen LogP contribution in [0.5, 0.6) is 0 Å². The van der Waals surface area contributed by atoms with E-state index in [9.17, 15) is 27.6 Å². The van der Waals surface area contributed by atoms with Crippen LogP contribution in [-0.2, 0) is 15.8 Å². The highest BCUT2D eigenvalue weighted by molar-refractivity contribution is 6.23. The van der Waals surface area contributed by atoms with Crippen molar-refractivity contribution in [3.8, 4) is 0 Å². The fourth-order valence-electron chi connectivity index (χ4n) is 5.32. The lowest BCUT2D eigenvalue weighted by Crippen LogP contribution is -2.33.